The summed E-state index contributed by atoms with van der Waals surface area (Å²) in [7, 11) is 0. The fourth-order valence-corrected chi connectivity index (χ4v) is 9.39. The van der Waals surface area contributed by atoms with Crippen molar-refractivity contribution in [2.24, 2.45) is 17.8 Å². The van der Waals surface area contributed by atoms with Crippen molar-refractivity contribution in [1.29, 1.82) is 0 Å². The molecule has 0 aromatic heterocycles. The molecule has 0 N–H and O–H groups in total. The van der Waals surface area contributed by atoms with Crippen molar-refractivity contribution in [2.75, 3.05) is 13.2 Å². The minimum atomic E-state index is -1.70. The zero-order valence-electron chi connectivity index (χ0n) is 38.7. The van der Waals surface area contributed by atoms with E-state index in [1.54, 1.807) is 0 Å². The summed E-state index contributed by atoms with van der Waals surface area (Å²) in [5.41, 5.74) is -0.476. The third-order valence-corrected chi connectivity index (χ3v) is 13.2. The molecule has 0 radical (unpaired) electrons. The zero-order chi connectivity index (χ0) is 43.4. The molecule has 342 valence electrons. The van der Waals surface area contributed by atoms with Gasteiger partial charge in [-0.15, -0.1) is 0 Å². The highest BCUT2D eigenvalue weighted by Crippen LogP contribution is 2.40. The molecule has 0 bridgehead atoms. The average molecular weight is 845 g/mol. The van der Waals surface area contributed by atoms with Crippen molar-refractivity contribution in [3.8, 4) is 0 Å². The van der Waals surface area contributed by atoms with Crippen molar-refractivity contribution >= 4 is 17.7 Å². The van der Waals surface area contributed by atoms with Gasteiger partial charge in [-0.05, 0) is 62.0 Å². The van der Waals surface area contributed by atoms with Crippen LogP contribution in [0.25, 0.3) is 0 Å². The third kappa shape index (κ3) is 18.3. The van der Waals surface area contributed by atoms with Crippen molar-refractivity contribution in [1.82, 2.24) is 0 Å². The van der Waals surface area contributed by atoms with Crippen LogP contribution in [0.2, 0.25) is 0 Å². The number of hydrogen-bond acceptors (Lipinski definition) is 7. The first-order valence-corrected chi connectivity index (χ1v) is 25.2. The predicted octanol–water partition coefficient (Wildman–Crippen LogP) is 14.2. The number of esters is 2. The second-order valence-corrected chi connectivity index (χ2v) is 18.6. The van der Waals surface area contributed by atoms with Gasteiger partial charge < -0.3 is 18.9 Å². The Morgan fingerprint density at radius 2 is 1.13 bits per heavy atom. The van der Waals surface area contributed by atoms with Crippen LogP contribution in [-0.2, 0) is 38.9 Å². The van der Waals surface area contributed by atoms with E-state index in [0.29, 0.717) is 62.4 Å². The first kappa shape index (κ1) is 50.6. The van der Waals surface area contributed by atoms with Crippen LogP contribution < -0.4 is 0 Å². The Hall–Kier alpha value is -3.03. The van der Waals surface area contributed by atoms with E-state index < -0.39 is 24.0 Å². The van der Waals surface area contributed by atoms with Crippen LogP contribution in [-0.4, -0.2) is 43.3 Å². The first-order chi connectivity index (χ1) is 29.9. The van der Waals surface area contributed by atoms with E-state index in [2.05, 4.69) is 20.8 Å². The molecule has 0 spiro atoms. The molecule has 2 aromatic rings. The summed E-state index contributed by atoms with van der Waals surface area (Å²) in [5.74, 6) is -0.790. The van der Waals surface area contributed by atoms with Gasteiger partial charge in [0, 0.05) is 25.4 Å². The van der Waals surface area contributed by atoms with Crippen molar-refractivity contribution < 1.29 is 33.3 Å². The molecule has 2 aliphatic rings. The molecule has 2 fully saturated rings. The molecular formula is C54H84O7. The standard InChI is InChI=1S/C54H84O7/c1-4-6-8-9-10-11-12-13-14-15-16-17-18-19-20-21-22-30-36-51(60-52(56)46-39-40-58-43-46)61-54(47-31-26-23-27-32-47,48-33-28-24-29-34-48)53(57)59-49-41-44(3)37-38-45(42-49)50(55)35-25-7-5-2/h23-24,26-29,31-34,44-46,49,51H,4-22,25,30,35-43H2,1-3H3. The smallest absolute Gasteiger partial charge is 0.348 e. The van der Waals surface area contributed by atoms with E-state index in [9.17, 15) is 9.59 Å². The van der Waals surface area contributed by atoms with Gasteiger partial charge in [-0.1, -0.05) is 203 Å². The van der Waals surface area contributed by atoms with Gasteiger partial charge in [0.2, 0.25) is 11.9 Å². The molecule has 61 heavy (non-hydrogen) atoms. The number of unbranched alkanes of at least 4 members (excludes halogenated alkanes) is 19. The van der Waals surface area contributed by atoms with E-state index in [4.69, 9.17) is 18.9 Å². The van der Waals surface area contributed by atoms with E-state index in [0.717, 1.165) is 51.4 Å². The monoisotopic (exact) mass is 845 g/mol. The lowest BCUT2D eigenvalue weighted by atomic mass is 9.85. The first-order valence-electron chi connectivity index (χ1n) is 25.2. The number of hydrogen-bond donors (Lipinski definition) is 0. The van der Waals surface area contributed by atoms with E-state index in [1.807, 2.05) is 60.7 Å². The Bertz CT molecular complexity index is 1410. The number of rotatable bonds is 32. The summed E-state index contributed by atoms with van der Waals surface area (Å²) in [5, 5.41) is 0. The normalized spacial score (nSPS) is 19.9. The number of benzene rings is 2. The van der Waals surface area contributed by atoms with E-state index >= 15 is 4.79 Å². The van der Waals surface area contributed by atoms with Gasteiger partial charge in [0.1, 0.15) is 11.9 Å². The summed E-state index contributed by atoms with van der Waals surface area (Å²) in [6, 6.07) is 19.0. The van der Waals surface area contributed by atoms with Crippen molar-refractivity contribution in [3.63, 3.8) is 0 Å². The van der Waals surface area contributed by atoms with E-state index in [-0.39, 0.29) is 23.6 Å². The van der Waals surface area contributed by atoms with Crippen LogP contribution in [0.15, 0.2) is 60.7 Å². The maximum absolute atomic E-state index is 15.2. The molecule has 7 heteroatoms. The summed E-state index contributed by atoms with van der Waals surface area (Å²) in [6.07, 6.45) is 29.4. The van der Waals surface area contributed by atoms with Crippen LogP contribution in [0.4, 0.5) is 0 Å². The molecule has 1 aliphatic carbocycles. The molecule has 1 aliphatic heterocycles. The van der Waals surface area contributed by atoms with Gasteiger partial charge in [0.25, 0.3) is 0 Å². The molecule has 0 amide bonds. The summed E-state index contributed by atoms with van der Waals surface area (Å²) in [6.45, 7) is 7.47. The fraction of sp³-hybridized carbons (Fsp3) is 0.722. The second-order valence-electron chi connectivity index (χ2n) is 18.6. The summed E-state index contributed by atoms with van der Waals surface area (Å²) in [4.78, 5) is 42.2. The lowest BCUT2D eigenvalue weighted by Crippen LogP contribution is -2.47. The Kier molecular flexibility index (Phi) is 25.0. The van der Waals surface area contributed by atoms with Gasteiger partial charge in [-0.2, -0.15) is 0 Å². The van der Waals surface area contributed by atoms with Crippen molar-refractivity contribution in [3.05, 3.63) is 71.8 Å². The maximum Gasteiger partial charge on any atom is 0.348 e. The number of carbonyl (C=O) groups excluding carboxylic acids is 3. The second kappa shape index (κ2) is 30.1. The van der Waals surface area contributed by atoms with E-state index in [1.165, 1.54) is 96.3 Å². The van der Waals surface area contributed by atoms with Crippen LogP contribution in [0.3, 0.4) is 0 Å². The molecular weight excluding hydrogens is 761 g/mol. The van der Waals surface area contributed by atoms with Gasteiger partial charge in [0.05, 0.1) is 12.5 Å². The molecule has 5 atom stereocenters. The van der Waals surface area contributed by atoms with Crippen LogP contribution >= 0.6 is 0 Å². The summed E-state index contributed by atoms with van der Waals surface area (Å²) >= 11 is 0. The Morgan fingerprint density at radius 3 is 1.64 bits per heavy atom. The zero-order valence-corrected chi connectivity index (χ0v) is 38.7. The largest absolute Gasteiger partial charge is 0.460 e. The van der Waals surface area contributed by atoms with Crippen LogP contribution in [0.5, 0.6) is 0 Å². The summed E-state index contributed by atoms with van der Waals surface area (Å²) < 4.78 is 25.4. The minimum absolute atomic E-state index is 0.129. The maximum atomic E-state index is 15.2. The molecule has 5 unspecified atom stereocenters. The highest BCUT2D eigenvalue weighted by Gasteiger charge is 2.49. The van der Waals surface area contributed by atoms with Crippen LogP contribution in [0.1, 0.15) is 212 Å². The quantitative estimate of drug-likeness (QED) is 0.0314. The molecule has 2 aromatic carbocycles. The third-order valence-electron chi connectivity index (χ3n) is 13.2. The molecule has 4 rings (SSSR count). The topological polar surface area (TPSA) is 88.1 Å². The number of Topliss-reactive ketones (excluding diaryl/α,β-unsaturated/α-hetero) is 1. The number of ketones is 1. The fourth-order valence-electron chi connectivity index (χ4n) is 9.39. The lowest BCUT2D eigenvalue weighted by molar-refractivity contribution is -0.225. The van der Waals surface area contributed by atoms with Crippen molar-refractivity contribution in [2.45, 2.75) is 219 Å². The highest BCUT2D eigenvalue weighted by atomic mass is 16.7. The number of ether oxygens (including phenoxy) is 4. The molecule has 7 nitrogen and oxygen atoms in total. The Labute approximate surface area is 371 Å². The minimum Gasteiger partial charge on any atom is -0.460 e. The predicted molar refractivity (Wildman–Crippen MR) is 247 cm³/mol. The highest BCUT2D eigenvalue weighted by molar-refractivity contribution is 5.86. The Balaban J connectivity index is 1.40. The SMILES string of the molecule is CCCCCCCCCCCCCCCCCCCCC(OC(=O)C1CCOC1)OC(C(=O)OC1CC(C)CCC(C(=O)CCCCC)C1)(c1ccccc1)c1ccccc1. The number of carbonyl (C=O) groups is 3. The average Bonchev–Trinajstić information content (AvgIpc) is 3.76. The van der Waals surface area contributed by atoms with Crippen LogP contribution in [0, 0.1) is 17.8 Å². The molecule has 1 heterocycles. The van der Waals surface area contributed by atoms with Gasteiger partial charge in [0.15, 0.2) is 0 Å². The van der Waals surface area contributed by atoms with Gasteiger partial charge >= 0.3 is 11.9 Å². The lowest BCUT2D eigenvalue weighted by Gasteiger charge is -2.37. The Morgan fingerprint density at radius 1 is 0.623 bits per heavy atom. The van der Waals surface area contributed by atoms with Gasteiger partial charge in [-0.3, -0.25) is 9.59 Å². The molecule has 1 saturated carbocycles. The molecule has 1 saturated heterocycles. The van der Waals surface area contributed by atoms with Gasteiger partial charge in [-0.25, -0.2) is 4.79 Å².